The molecule has 4 nitrogen and oxygen atoms in total. The van der Waals surface area contributed by atoms with Gasteiger partial charge < -0.3 is 9.88 Å². The molecule has 3 rings (SSSR count). The first-order valence-corrected chi connectivity index (χ1v) is 7.52. The van der Waals surface area contributed by atoms with Gasteiger partial charge in [-0.15, -0.1) is 0 Å². The summed E-state index contributed by atoms with van der Waals surface area (Å²) in [5, 5.41) is 3.57. The fourth-order valence-electron chi connectivity index (χ4n) is 2.37. The first kappa shape index (κ1) is 14.5. The van der Waals surface area contributed by atoms with Crippen molar-refractivity contribution in [1.29, 1.82) is 0 Å². The number of rotatable bonds is 2. The topological polar surface area (TPSA) is 51.1 Å². The fourth-order valence-corrected chi connectivity index (χ4v) is 3.05. The lowest BCUT2D eigenvalue weighted by molar-refractivity contribution is 0.102. The largest absolute Gasteiger partial charge is 0.322 e. The number of pyridine rings is 1. The van der Waals surface area contributed by atoms with Crippen LogP contribution >= 0.6 is 15.9 Å². The molecule has 0 atom stereocenters. The second-order valence-corrected chi connectivity index (χ2v) is 5.68. The van der Waals surface area contributed by atoms with E-state index in [1.165, 1.54) is 4.57 Å². The Balaban J connectivity index is 2.15. The molecule has 0 saturated heterocycles. The molecule has 0 fully saturated rings. The SMILES string of the molecule is Cn1c(=O)c(C(=O)Nc2ccccc2)c(Br)c2ccccc21. The number of amides is 1. The van der Waals surface area contributed by atoms with Crippen LogP contribution < -0.4 is 10.9 Å². The molecule has 0 saturated carbocycles. The highest BCUT2D eigenvalue weighted by Crippen LogP contribution is 2.25. The lowest BCUT2D eigenvalue weighted by atomic mass is 10.1. The van der Waals surface area contributed by atoms with Crippen LogP contribution in [0.4, 0.5) is 5.69 Å². The maximum atomic E-state index is 12.5. The number of fused-ring (bicyclic) bond motifs is 1. The van der Waals surface area contributed by atoms with Gasteiger partial charge in [0.25, 0.3) is 11.5 Å². The van der Waals surface area contributed by atoms with Gasteiger partial charge in [0.2, 0.25) is 0 Å². The van der Waals surface area contributed by atoms with Crippen LogP contribution in [0.5, 0.6) is 0 Å². The number of aromatic nitrogens is 1. The monoisotopic (exact) mass is 356 g/mol. The zero-order chi connectivity index (χ0) is 15.7. The summed E-state index contributed by atoms with van der Waals surface area (Å²) in [5.41, 5.74) is 1.19. The van der Waals surface area contributed by atoms with Gasteiger partial charge in [-0.05, 0) is 34.1 Å². The van der Waals surface area contributed by atoms with Crippen LogP contribution in [0.2, 0.25) is 0 Å². The molecular formula is C17H13BrN2O2. The molecule has 1 amide bonds. The standard InChI is InChI=1S/C17H13BrN2O2/c1-20-13-10-6-5-9-12(13)15(18)14(17(20)22)16(21)19-11-7-3-2-4-8-11/h2-10H,1H3,(H,19,21). The highest BCUT2D eigenvalue weighted by Gasteiger charge is 2.19. The zero-order valence-electron chi connectivity index (χ0n) is 11.8. The van der Waals surface area contributed by atoms with Crippen LogP contribution in [-0.2, 0) is 7.05 Å². The van der Waals surface area contributed by atoms with Gasteiger partial charge in [-0.1, -0.05) is 36.4 Å². The smallest absolute Gasteiger partial charge is 0.264 e. The highest BCUT2D eigenvalue weighted by molar-refractivity contribution is 9.10. The number of halogens is 1. The molecular weight excluding hydrogens is 344 g/mol. The molecule has 0 aliphatic heterocycles. The average molecular weight is 357 g/mol. The molecule has 1 heterocycles. The van der Waals surface area contributed by atoms with Gasteiger partial charge in [0.1, 0.15) is 5.56 Å². The van der Waals surface area contributed by atoms with E-state index in [9.17, 15) is 9.59 Å². The summed E-state index contributed by atoms with van der Waals surface area (Å²) in [7, 11) is 1.66. The number of hydrogen-bond acceptors (Lipinski definition) is 2. The van der Waals surface area contributed by atoms with Crippen LogP contribution in [0.3, 0.4) is 0 Å². The van der Waals surface area contributed by atoms with Gasteiger partial charge in [-0.2, -0.15) is 0 Å². The molecule has 0 radical (unpaired) electrons. The van der Waals surface area contributed by atoms with E-state index < -0.39 is 5.91 Å². The van der Waals surface area contributed by atoms with E-state index in [2.05, 4.69) is 21.2 Å². The number of benzene rings is 2. The van der Waals surface area contributed by atoms with Crippen LogP contribution in [0.15, 0.2) is 63.9 Å². The highest BCUT2D eigenvalue weighted by atomic mass is 79.9. The number of para-hydroxylation sites is 2. The third-order valence-electron chi connectivity index (χ3n) is 3.50. The number of aryl methyl sites for hydroxylation is 1. The van der Waals surface area contributed by atoms with E-state index in [0.29, 0.717) is 10.2 Å². The molecule has 0 spiro atoms. The minimum Gasteiger partial charge on any atom is -0.322 e. The summed E-state index contributed by atoms with van der Waals surface area (Å²) in [6.07, 6.45) is 0. The van der Waals surface area contributed by atoms with Crippen LogP contribution in [0.1, 0.15) is 10.4 Å². The summed E-state index contributed by atoms with van der Waals surface area (Å²) in [5.74, 6) is -0.426. The molecule has 22 heavy (non-hydrogen) atoms. The summed E-state index contributed by atoms with van der Waals surface area (Å²) in [6.45, 7) is 0. The lowest BCUT2D eigenvalue weighted by Gasteiger charge is -2.12. The molecule has 0 aliphatic carbocycles. The predicted octanol–water partition coefficient (Wildman–Crippen LogP) is 3.55. The number of carbonyl (C=O) groups is 1. The van der Waals surface area contributed by atoms with Gasteiger partial charge in [0, 0.05) is 22.6 Å². The third-order valence-corrected chi connectivity index (χ3v) is 4.32. The Labute approximate surface area is 135 Å². The minimum atomic E-state index is -0.426. The van der Waals surface area contributed by atoms with Gasteiger partial charge in [0.05, 0.1) is 5.52 Å². The molecule has 1 aromatic heterocycles. The summed E-state index contributed by atoms with van der Waals surface area (Å²) in [4.78, 5) is 25.0. The second-order valence-electron chi connectivity index (χ2n) is 4.89. The molecule has 1 N–H and O–H groups in total. The summed E-state index contributed by atoms with van der Waals surface area (Å²) < 4.78 is 2.00. The number of nitrogens with zero attached hydrogens (tertiary/aromatic N) is 1. The normalized spacial score (nSPS) is 10.6. The van der Waals surface area contributed by atoms with Gasteiger partial charge in [-0.25, -0.2) is 0 Å². The van der Waals surface area contributed by atoms with E-state index in [0.717, 1.165) is 10.9 Å². The van der Waals surface area contributed by atoms with Crippen molar-refractivity contribution in [1.82, 2.24) is 4.57 Å². The van der Waals surface area contributed by atoms with Crippen LogP contribution in [0.25, 0.3) is 10.9 Å². The van der Waals surface area contributed by atoms with Crippen molar-refractivity contribution in [2.75, 3.05) is 5.32 Å². The van der Waals surface area contributed by atoms with Crippen molar-refractivity contribution in [3.05, 3.63) is 75.0 Å². The molecule has 110 valence electrons. The zero-order valence-corrected chi connectivity index (χ0v) is 13.4. The maximum absolute atomic E-state index is 12.5. The molecule has 0 unspecified atom stereocenters. The lowest BCUT2D eigenvalue weighted by Crippen LogP contribution is -2.28. The van der Waals surface area contributed by atoms with E-state index in [4.69, 9.17) is 0 Å². The quantitative estimate of drug-likeness (QED) is 0.763. The average Bonchev–Trinajstić information content (AvgIpc) is 2.54. The third kappa shape index (κ3) is 2.44. The molecule has 2 aromatic carbocycles. The number of nitrogens with one attached hydrogen (secondary N) is 1. The fraction of sp³-hybridized carbons (Fsp3) is 0.0588. The second kappa shape index (κ2) is 5.77. The summed E-state index contributed by atoms with van der Waals surface area (Å²) in [6, 6.07) is 16.5. The Morgan fingerprint density at radius 3 is 2.41 bits per heavy atom. The van der Waals surface area contributed by atoms with Crippen molar-refractivity contribution in [2.45, 2.75) is 0 Å². The minimum absolute atomic E-state index is 0.102. The van der Waals surface area contributed by atoms with Crippen molar-refractivity contribution in [3.63, 3.8) is 0 Å². The molecule has 0 bridgehead atoms. The Kier molecular flexibility index (Phi) is 3.81. The molecule has 0 aliphatic rings. The van der Waals surface area contributed by atoms with E-state index in [1.54, 1.807) is 19.2 Å². The van der Waals surface area contributed by atoms with Crippen molar-refractivity contribution >= 4 is 38.4 Å². The van der Waals surface area contributed by atoms with Crippen molar-refractivity contribution in [3.8, 4) is 0 Å². The Morgan fingerprint density at radius 2 is 1.68 bits per heavy atom. The summed E-state index contributed by atoms with van der Waals surface area (Å²) >= 11 is 3.41. The van der Waals surface area contributed by atoms with E-state index >= 15 is 0 Å². The maximum Gasteiger partial charge on any atom is 0.264 e. The molecule has 5 heteroatoms. The Hall–Kier alpha value is -2.40. The van der Waals surface area contributed by atoms with Gasteiger partial charge >= 0.3 is 0 Å². The van der Waals surface area contributed by atoms with E-state index in [-0.39, 0.29) is 11.1 Å². The number of carbonyl (C=O) groups excluding carboxylic acids is 1. The van der Waals surface area contributed by atoms with Crippen LogP contribution in [0, 0.1) is 0 Å². The predicted molar refractivity (Wildman–Crippen MR) is 91.3 cm³/mol. The van der Waals surface area contributed by atoms with Crippen molar-refractivity contribution < 1.29 is 4.79 Å². The molecule has 3 aromatic rings. The Bertz CT molecular complexity index is 917. The Morgan fingerprint density at radius 1 is 1.05 bits per heavy atom. The number of hydrogen-bond donors (Lipinski definition) is 1. The van der Waals surface area contributed by atoms with Gasteiger partial charge in [-0.3, -0.25) is 9.59 Å². The van der Waals surface area contributed by atoms with Crippen molar-refractivity contribution in [2.24, 2.45) is 7.05 Å². The first-order valence-electron chi connectivity index (χ1n) is 6.73. The number of anilines is 1. The van der Waals surface area contributed by atoms with Gasteiger partial charge in [0.15, 0.2) is 0 Å². The first-order chi connectivity index (χ1) is 10.6. The van der Waals surface area contributed by atoms with Crippen LogP contribution in [-0.4, -0.2) is 10.5 Å². The van der Waals surface area contributed by atoms with E-state index in [1.807, 2.05) is 42.5 Å².